The van der Waals surface area contributed by atoms with Gasteiger partial charge < -0.3 is 9.50 Å². The van der Waals surface area contributed by atoms with Crippen molar-refractivity contribution in [2.45, 2.75) is 24.7 Å². The molecule has 24 heavy (non-hydrogen) atoms. The molecule has 0 saturated heterocycles. The van der Waals surface area contributed by atoms with Crippen molar-refractivity contribution >= 4 is 27.5 Å². The highest BCUT2D eigenvalue weighted by Crippen LogP contribution is 2.27. The van der Waals surface area contributed by atoms with Gasteiger partial charge in [0.15, 0.2) is 5.78 Å². The fraction of sp³-hybridized carbons (Fsp3) is 0.176. The number of hydrogen-bond donors (Lipinski definition) is 1. The number of Topliss-reactive ketones (excluding diaryl/α,β-unsaturated/α-hetero) is 1. The molecule has 1 N–H and O–H groups in total. The molecule has 3 rings (SSSR count). The number of ketones is 1. The molecule has 1 aliphatic heterocycles. The molecule has 0 aliphatic carbocycles. The van der Waals surface area contributed by atoms with Crippen molar-refractivity contribution in [3.8, 4) is 5.75 Å². The topological polar surface area (TPSA) is 89.5 Å². The van der Waals surface area contributed by atoms with Crippen molar-refractivity contribution in [1.29, 1.82) is 0 Å². The van der Waals surface area contributed by atoms with E-state index in [-0.39, 0.29) is 22.3 Å². The zero-order valence-corrected chi connectivity index (χ0v) is 13.7. The summed E-state index contributed by atoms with van der Waals surface area (Å²) in [7, 11) is -4.03. The van der Waals surface area contributed by atoms with Crippen LogP contribution in [0.25, 0.3) is 0 Å². The number of anilines is 1. The average molecular weight is 345 g/mol. The Balaban J connectivity index is 1.90. The Morgan fingerprint density at radius 3 is 2.67 bits per heavy atom. The maximum atomic E-state index is 12.4. The summed E-state index contributed by atoms with van der Waals surface area (Å²) in [5.74, 6) is -0.188. The minimum atomic E-state index is -4.03. The zero-order chi connectivity index (χ0) is 17.3. The molecule has 0 spiro atoms. The first-order valence-corrected chi connectivity index (χ1v) is 8.74. The largest absolute Gasteiger partial charge is 0.379 e. The Morgan fingerprint density at radius 2 is 1.92 bits per heavy atom. The molecule has 0 bridgehead atoms. The maximum Gasteiger partial charge on any atom is 0.339 e. The van der Waals surface area contributed by atoms with Crippen LogP contribution in [0.2, 0.25) is 0 Å². The van der Waals surface area contributed by atoms with Crippen LogP contribution in [0.4, 0.5) is 5.69 Å². The number of nitrogens with one attached hydrogen (secondary N) is 1. The molecule has 0 fully saturated rings. The van der Waals surface area contributed by atoms with Gasteiger partial charge in [-0.25, -0.2) is 0 Å². The van der Waals surface area contributed by atoms with Crippen LogP contribution in [0.5, 0.6) is 5.75 Å². The Bertz CT molecular complexity index is 934. The Hall–Kier alpha value is -2.67. The minimum Gasteiger partial charge on any atom is -0.379 e. The summed E-state index contributed by atoms with van der Waals surface area (Å²) < 4.78 is 30.0. The molecule has 7 heteroatoms. The molecule has 2 aromatic rings. The van der Waals surface area contributed by atoms with Gasteiger partial charge in [-0.3, -0.25) is 9.59 Å². The van der Waals surface area contributed by atoms with Crippen molar-refractivity contribution in [2.24, 2.45) is 0 Å². The van der Waals surface area contributed by atoms with E-state index in [9.17, 15) is 18.0 Å². The Labute approximate surface area is 139 Å². The number of fused-ring (bicyclic) bond motifs is 1. The molecule has 124 valence electrons. The summed E-state index contributed by atoms with van der Waals surface area (Å²) in [6, 6.07) is 10.4. The van der Waals surface area contributed by atoms with Gasteiger partial charge >= 0.3 is 10.1 Å². The molecule has 1 heterocycles. The third-order valence-electron chi connectivity index (χ3n) is 3.71. The highest BCUT2D eigenvalue weighted by atomic mass is 32.2. The van der Waals surface area contributed by atoms with E-state index in [4.69, 9.17) is 4.18 Å². The molecular weight excluding hydrogens is 330 g/mol. The van der Waals surface area contributed by atoms with E-state index >= 15 is 0 Å². The zero-order valence-electron chi connectivity index (χ0n) is 12.9. The highest BCUT2D eigenvalue weighted by Gasteiger charge is 2.21. The molecule has 0 aromatic heterocycles. The summed E-state index contributed by atoms with van der Waals surface area (Å²) in [6.45, 7) is 1.39. The minimum absolute atomic E-state index is 0.00521. The van der Waals surface area contributed by atoms with Crippen LogP contribution in [0.15, 0.2) is 47.4 Å². The lowest BCUT2D eigenvalue weighted by molar-refractivity contribution is -0.116. The molecule has 0 unspecified atom stereocenters. The van der Waals surface area contributed by atoms with E-state index < -0.39 is 10.1 Å². The normalized spacial score (nSPS) is 13.8. The number of hydrogen-bond acceptors (Lipinski definition) is 5. The van der Waals surface area contributed by atoms with Gasteiger partial charge in [-0.05, 0) is 49.2 Å². The smallest absolute Gasteiger partial charge is 0.339 e. The van der Waals surface area contributed by atoms with Crippen LogP contribution in [0, 0.1) is 0 Å². The van der Waals surface area contributed by atoms with E-state index in [0.717, 1.165) is 5.56 Å². The van der Waals surface area contributed by atoms with E-state index in [1.807, 2.05) is 0 Å². The van der Waals surface area contributed by atoms with E-state index in [2.05, 4.69) is 5.32 Å². The predicted octanol–water partition coefficient (Wildman–Crippen LogP) is 2.54. The van der Waals surface area contributed by atoms with Gasteiger partial charge in [-0.2, -0.15) is 8.42 Å². The van der Waals surface area contributed by atoms with Gasteiger partial charge in [0.1, 0.15) is 10.6 Å². The first-order valence-electron chi connectivity index (χ1n) is 7.33. The van der Waals surface area contributed by atoms with Crippen LogP contribution in [0.1, 0.15) is 29.3 Å². The Morgan fingerprint density at radius 1 is 1.12 bits per heavy atom. The first-order chi connectivity index (χ1) is 11.3. The Kier molecular flexibility index (Phi) is 4.11. The second-order valence-corrected chi connectivity index (χ2v) is 7.03. The molecule has 0 radical (unpaired) electrons. The number of carbonyl (C=O) groups is 2. The third-order valence-corrected chi connectivity index (χ3v) is 4.95. The lowest BCUT2D eigenvalue weighted by atomic mass is 10.0. The molecule has 1 amide bonds. The third kappa shape index (κ3) is 3.30. The first kappa shape index (κ1) is 16.2. The quantitative estimate of drug-likeness (QED) is 0.679. The molecular formula is C17H15NO5S. The van der Waals surface area contributed by atoms with Crippen molar-refractivity contribution in [1.82, 2.24) is 0 Å². The van der Waals surface area contributed by atoms with Crippen LogP contribution in [0.3, 0.4) is 0 Å². The van der Waals surface area contributed by atoms with E-state index in [1.165, 1.54) is 31.2 Å². The molecule has 0 saturated carbocycles. The molecule has 1 aliphatic rings. The highest BCUT2D eigenvalue weighted by molar-refractivity contribution is 7.87. The molecule has 0 atom stereocenters. The lowest BCUT2D eigenvalue weighted by Gasteiger charge is -2.17. The van der Waals surface area contributed by atoms with Crippen LogP contribution >= 0.6 is 0 Å². The summed E-state index contributed by atoms with van der Waals surface area (Å²) in [6.07, 6.45) is 0.794. The standard InChI is InChI=1S/C17H15NO5S/c1-11(19)12-3-2-4-14(9-12)23-24(21,22)15-6-7-16-13(10-15)5-8-17(20)18-16/h2-4,6-7,9-10H,5,8H2,1H3,(H,18,20). The fourth-order valence-electron chi connectivity index (χ4n) is 2.46. The molecule has 6 nitrogen and oxygen atoms in total. The molecule has 2 aromatic carbocycles. The summed E-state index contributed by atoms with van der Waals surface area (Å²) in [5, 5.41) is 2.70. The second kappa shape index (κ2) is 6.09. The number of rotatable bonds is 4. The number of amides is 1. The number of aryl methyl sites for hydroxylation is 1. The van der Waals surface area contributed by atoms with Gasteiger partial charge in [0.2, 0.25) is 5.91 Å². The van der Waals surface area contributed by atoms with Gasteiger partial charge in [0, 0.05) is 17.7 Å². The van der Waals surface area contributed by atoms with E-state index in [1.54, 1.807) is 18.2 Å². The van der Waals surface area contributed by atoms with Crippen LogP contribution in [-0.2, 0) is 21.3 Å². The lowest BCUT2D eigenvalue weighted by Crippen LogP contribution is -2.19. The average Bonchev–Trinajstić information content (AvgIpc) is 2.54. The second-order valence-electron chi connectivity index (χ2n) is 5.49. The fourth-order valence-corrected chi connectivity index (χ4v) is 3.43. The summed E-state index contributed by atoms with van der Waals surface area (Å²) >= 11 is 0. The van der Waals surface area contributed by atoms with Crippen molar-refractivity contribution in [2.75, 3.05) is 5.32 Å². The van der Waals surface area contributed by atoms with Crippen LogP contribution in [-0.4, -0.2) is 20.1 Å². The summed E-state index contributed by atoms with van der Waals surface area (Å²) in [5.41, 5.74) is 1.73. The van der Waals surface area contributed by atoms with Crippen molar-refractivity contribution in [3.05, 3.63) is 53.6 Å². The van der Waals surface area contributed by atoms with Gasteiger partial charge in [-0.1, -0.05) is 12.1 Å². The predicted molar refractivity (Wildman–Crippen MR) is 87.7 cm³/mol. The summed E-state index contributed by atoms with van der Waals surface area (Å²) in [4.78, 5) is 22.7. The monoisotopic (exact) mass is 345 g/mol. The van der Waals surface area contributed by atoms with Gasteiger partial charge in [0.25, 0.3) is 0 Å². The van der Waals surface area contributed by atoms with Crippen LogP contribution < -0.4 is 9.50 Å². The van der Waals surface area contributed by atoms with Gasteiger partial charge in [-0.15, -0.1) is 0 Å². The number of benzene rings is 2. The maximum absolute atomic E-state index is 12.4. The SMILES string of the molecule is CC(=O)c1cccc(OS(=O)(=O)c2ccc3c(c2)CCC(=O)N3)c1. The van der Waals surface area contributed by atoms with E-state index in [0.29, 0.717) is 24.1 Å². The van der Waals surface area contributed by atoms with Crippen molar-refractivity contribution < 1.29 is 22.2 Å². The van der Waals surface area contributed by atoms with Crippen molar-refractivity contribution in [3.63, 3.8) is 0 Å². The van der Waals surface area contributed by atoms with Gasteiger partial charge in [0.05, 0.1) is 0 Å². The number of carbonyl (C=O) groups excluding carboxylic acids is 2.